The van der Waals surface area contributed by atoms with Gasteiger partial charge in [0, 0.05) is 37.0 Å². The van der Waals surface area contributed by atoms with Crippen LogP contribution in [0.4, 0.5) is 0 Å². The zero-order chi connectivity index (χ0) is 13.5. The van der Waals surface area contributed by atoms with Crippen LogP contribution in [0.5, 0.6) is 0 Å². The van der Waals surface area contributed by atoms with Crippen molar-refractivity contribution in [3.8, 4) is 0 Å². The van der Waals surface area contributed by atoms with Gasteiger partial charge in [0.05, 0.1) is 6.26 Å². The lowest BCUT2D eigenvalue weighted by Gasteiger charge is -2.15. The molecule has 0 fully saturated rings. The van der Waals surface area contributed by atoms with E-state index in [9.17, 15) is 8.42 Å². The second kappa shape index (κ2) is 7.80. The first-order chi connectivity index (χ1) is 7.81. The molecule has 0 aromatic heterocycles. The van der Waals surface area contributed by atoms with Gasteiger partial charge in [0.25, 0.3) is 0 Å². The van der Waals surface area contributed by atoms with Gasteiger partial charge in [-0.15, -0.1) is 0 Å². The Balaban J connectivity index is 4.80. The van der Waals surface area contributed by atoms with Crippen LogP contribution < -0.4 is 11.5 Å². The van der Waals surface area contributed by atoms with Crippen LogP contribution in [0, 0.1) is 0 Å². The highest BCUT2D eigenvalue weighted by molar-refractivity contribution is 8.33. The molecule has 0 aromatic carbocycles. The Bertz CT molecular complexity index is 370. The minimum absolute atomic E-state index is 0.162. The Morgan fingerprint density at radius 1 is 1.12 bits per heavy atom. The van der Waals surface area contributed by atoms with E-state index in [1.54, 1.807) is 13.8 Å². The fraction of sp³-hybridized carbons (Fsp3) is 0.714. The van der Waals surface area contributed by atoms with E-state index in [1.807, 2.05) is 0 Å². The van der Waals surface area contributed by atoms with Gasteiger partial charge in [-0.1, -0.05) is 3.12 Å². The predicted molar refractivity (Wildman–Crippen MR) is 76.2 cm³/mol. The third-order valence-corrected chi connectivity index (χ3v) is 5.23. The minimum atomic E-state index is -3.45. The van der Waals surface area contributed by atoms with E-state index in [0.717, 1.165) is 33.3 Å². The molecule has 0 rings (SSSR count). The molecule has 0 amide bonds. The Morgan fingerprint density at radius 2 is 1.47 bits per heavy atom. The van der Waals surface area contributed by atoms with Gasteiger partial charge >= 0.3 is 0 Å². The standard InChI is InChI=1S/C7H17N5O2S3/c1-4-10-6(8)15-12(17(3,13)14)16-7(9)11-5-2/h4-5H2,1-3H3,(H2,8,10)(H2,9,11). The number of hydrogen-bond acceptors (Lipinski definition) is 6. The van der Waals surface area contributed by atoms with Gasteiger partial charge in [-0.3, -0.25) is 9.98 Å². The second-order valence-corrected chi connectivity index (χ2v) is 7.22. The van der Waals surface area contributed by atoms with Crippen molar-refractivity contribution in [1.29, 1.82) is 0 Å². The zero-order valence-electron chi connectivity index (χ0n) is 9.95. The summed E-state index contributed by atoms with van der Waals surface area (Å²) in [4.78, 5) is 7.78. The van der Waals surface area contributed by atoms with E-state index in [2.05, 4.69) is 9.98 Å². The fourth-order valence-corrected chi connectivity index (χ4v) is 3.50. The first-order valence-corrected chi connectivity index (χ1v) is 8.16. The summed E-state index contributed by atoms with van der Waals surface area (Å²) in [6, 6.07) is 0. The highest BCUT2D eigenvalue weighted by Crippen LogP contribution is 2.25. The fourth-order valence-electron chi connectivity index (χ4n) is 0.676. The lowest BCUT2D eigenvalue weighted by Crippen LogP contribution is -2.25. The number of rotatable bonds is 5. The molecule has 7 nitrogen and oxygen atoms in total. The molecule has 4 N–H and O–H groups in total. The van der Waals surface area contributed by atoms with Crippen molar-refractivity contribution < 1.29 is 8.42 Å². The second-order valence-electron chi connectivity index (χ2n) is 2.76. The molecule has 0 unspecified atom stereocenters. The first-order valence-electron chi connectivity index (χ1n) is 4.77. The van der Waals surface area contributed by atoms with E-state index in [1.165, 1.54) is 0 Å². The number of aliphatic imine (C=N–C) groups is 2. The zero-order valence-corrected chi connectivity index (χ0v) is 12.4. The molecule has 0 saturated heterocycles. The molecule has 0 saturated carbocycles. The Hall–Kier alpha value is -0.450. The van der Waals surface area contributed by atoms with Crippen molar-refractivity contribution in [2.45, 2.75) is 13.8 Å². The van der Waals surface area contributed by atoms with Gasteiger partial charge < -0.3 is 11.5 Å². The molecule has 0 aromatic rings. The van der Waals surface area contributed by atoms with Crippen molar-refractivity contribution in [3.63, 3.8) is 0 Å². The van der Waals surface area contributed by atoms with Crippen LogP contribution in [0.3, 0.4) is 0 Å². The monoisotopic (exact) mass is 299 g/mol. The molecule has 0 spiro atoms. The van der Waals surface area contributed by atoms with Gasteiger partial charge in [0.1, 0.15) is 0 Å². The van der Waals surface area contributed by atoms with E-state index >= 15 is 0 Å². The van der Waals surface area contributed by atoms with E-state index in [4.69, 9.17) is 11.5 Å². The van der Waals surface area contributed by atoms with Gasteiger partial charge in [0.15, 0.2) is 10.3 Å². The topological polar surface area (TPSA) is 114 Å². The predicted octanol–water partition coefficient (Wildman–Crippen LogP) is 0.214. The summed E-state index contributed by atoms with van der Waals surface area (Å²) in [5.74, 6) is 0. The lowest BCUT2D eigenvalue weighted by molar-refractivity contribution is 0.589. The van der Waals surface area contributed by atoms with E-state index < -0.39 is 10.0 Å². The lowest BCUT2D eigenvalue weighted by atomic mass is 10.8. The Labute approximate surface area is 110 Å². The Kier molecular flexibility index (Phi) is 7.59. The van der Waals surface area contributed by atoms with Crippen LogP contribution in [0.15, 0.2) is 9.98 Å². The summed E-state index contributed by atoms with van der Waals surface area (Å²) in [7, 11) is -3.45. The quantitative estimate of drug-likeness (QED) is 0.426. The Morgan fingerprint density at radius 3 is 1.71 bits per heavy atom. The maximum Gasteiger partial charge on any atom is 0.230 e. The third kappa shape index (κ3) is 7.47. The van der Waals surface area contributed by atoms with Crippen LogP contribution >= 0.6 is 23.9 Å². The van der Waals surface area contributed by atoms with Crippen LogP contribution in [0.2, 0.25) is 0 Å². The molecule has 0 heterocycles. The molecule has 0 aliphatic rings. The maximum atomic E-state index is 11.5. The average molecular weight is 299 g/mol. The number of sulfonamides is 1. The van der Waals surface area contributed by atoms with Gasteiger partial charge in [0.2, 0.25) is 10.0 Å². The van der Waals surface area contributed by atoms with Gasteiger partial charge in [-0.25, -0.2) is 8.42 Å². The van der Waals surface area contributed by atoms with Crippen molar-refractivity contribution in [2.24, 2.45) is 21.5 Å². The van der Waals surface area contributed by atoms with Crippen molar-refractivity contribution in [3.05, 3.63) is 0 Å². The smallest absolute Gasteiger partial charge is 0.230 e. The number of hydrogen-bond donors (Lipinski definition) is 2. The van der Waals surface area contributed by atoms with Crippen molar-refractivity contribution in [2.75, 3.05) is 19.3 Å². The molecule has 0 bridgehead atoms. The summed E-state index contributed by atoms with van der Waals surface area (Å²) in [6.45, 7) is 4.58. The van der Waals surface area contributed by atoms with Crippen molar-refractivity contribution in [1.82, 2.24) is 3.12 Å². The molecule has 0 atom stereocenters. The normalized spacial score (nSPS) is 14.4. The van der Waals surface area contributed by atoms with Gasteiger partial charge in [-0.2, -0.15) is 0 Å². The molecule has 0 aliphatic carbocycles. The number of nitrogens with zero attached hydrogens (tertiary/aromatic N) is 3. The molecular weight excluding hydrogens is 282 g/mol. The van der Waals surface area contributed by atoms with Crippen molar-refractivity contribution >= 4 is 44.3 Å². The summed E-state index contributed by atoms with van der Waals surface area (Å²) in [5.41, 5.74) is 11.1. The summed E-state index contributed by atoms with van der Waals surface area (Å²) in [5, 5.41) is 0.324. The van der Waals surface area contributed by atoms with E-state index in [0.29, 0.717) is 13.1 Å². The van der Waals surface area contributed by atoms with Crippen LogP contribution in [-0.2, 0) is 10.0 Å². The number of amidine groups is 2. The van der Waals surface area contributed by atoms with Crippen LogP contribution in [0.25, 0.3) is 0 Å². The van der Waals surface area contributed by atoms with Crippen LogP contribution in [0.1, 0.15) is 13.8 Å². The summed E-state index contributed by atoms with van der Waals surface area (Å²) < 4.78 is 23.9. The average Bonchev–Trinajstić information content (AvgIpc) is 2.16. The third-order valence-electron chi connectivity index (χ3n) is 1.23. The SMILES string of the molecule is CCN=C(N)SN(SC(N)=NCC)S(C)(=O)=O. The molecule has 100 valence electrons. The highest BCUT2D eigenvalue weighted by atomic mass is 32.3. The highest BCUT2D eigenvalue weighted by Gasteiger charge is 2.21. The van der Waals surface area contributed by atoms with Gasteiger partial charge in [-0.05, 0) is 13.8 Å². The summed E-state index contributed by atoms with van der Waals surface area (Å²) >= 11 is 1.61. The first kappa shape index (κ1) is 16.6. The largest absolute Gasteiger partial charge is 0.377 e. The van der Waals surface area contributed by atoms with Crippen LogP contribution in [-0.4, -0.2) is 41.2 Å². The number of nitrogens with two attached hydrogens (primary N) is 2. The molecule has 0 radical (unpaired) electrons. The molecule has 0 aliphatic heterocycles. The maximum absolute atomic E-state index is 11.5. The minimum Gasteiger partial charge on any atom is -0.377 e. The summed E-state index contributed by atoms with van der Waals surface area (Å²) in [6.07, 6.45) is 1.06. The molecule has 17 heavy (non-hydrogen) atoms. The molecule has 10 heteroatoms. The molecular formula is C7H17N5O2S3. The van der Waals surface area contributed by atoms with E-state index in [-0.39, 0.29) is 10.3 Å².